The van der Waals surface area contributed by atoms with Crippen molar-refractivity contribution in [2.75, 3.05) is 20.1 Å². The Morgan fingerprint density at radius 1 is 0.966 bits per heavy atom. The molecule has 0 saturated carbocycles. The number of hydrogen-bond acceptors (Lipinski definition) is 2. The molecule has 0 bridgehead atoms. The zero-order chi connectivity index (χ0) is 21.4. The van der Waals surface area contributed by atoms with Crippen LogP contribution in [-0.4, -0.2) is 32.0 Å². The average molecular weight is 414 g/mol. The van der Waals surface area contributed by atoms with Gasteiger partial charge in [-0.2, -0.15) is 13.2 Å². The minimum absolute atomic E-state index is 0.00117. The summed E-state index contributed by atoms with van der Waals surface area (Å²) in [6, 6.07) is 6.98. The van der Waals surface area contributed by atoms with Crippen molar-refractivity contribution in [2.45, 2.75) is 12.7 Å². The van der Waals surface area contributed by atoms with Gasteiger partial charge in [-0.3, -0.25) is 9.79 Å². The molecule has 0 aliphatic rings. The molecule has 0 unspecified atom stereocenters. The lowest BCUT2D eigenvalue weighted by molar-refractivity contribution is -0.137. The molecule has 0 aliphatic carbocycles. The Morgan fingerprint density at radius 2 is 1.62 bits per heavy atom. The molecule has 0 fully saturated rings. The SMILES string of the molecule is CN=C(NCCNC(=O)c1ccc(C(F)(F)F)cc1)NCc1cc(F)ccc1F. The van der Waals surface area contributed by atoms with Crippen molar-refractivity contribution in [3.05, 3.63) is 70.8 Å². The van der Waals surface area contributed by atoms with Crippen LogP contribution >= 0.6 is 0 Å². The molecule has 5 nitrogen and oxygen atoms in total. The van der Waals surface area contributed by atoms with E-state index in [4.69, 9.17) is 0 Å². The largest absolute Gasteiger partial charge is 0.416 e. The van der Waals surface area contributed by atoms with Gasteiger partial charge in [0.2, 0.25) is 0 Å². The van der Waals surface area contributed by atoms with Crippen LogP contribution in [0.5, 0.6) is 0 Å². The maximum atomic E-state index is 13.6. The van der Waals surface area contributed by atoms with Crippen LogP contribution in [0.4, 0.5) is 22.0 Å². The summed E-state index contributed by atoms with van der Waals surface area (Å²) in [5, 5.41) is 8.23. The van der Waals surface area contributed by atoms with Crippen LogP contribution in [0.15, 0.2) is 47.5 Å². The summed E-state index contributed by atoms with van der Waals surface area (Å²) >= 11 is 0. The summed E-state index contributed by atoms with van der Waals surface area (Å²) in [7, 11) is 1.48. The van der Waals surface area contributed by atoms with Gasteiger partial charge >= 0.3 is 6.18 Å². The van der Waals surface area contributed by atoms with E-state index < -0.39 is 29.3 Å². The number of hydrogen-bond donors (Lipinski definition) is 3. The first kappa shape index (κ1) is 22.1. The van der Waals surface area contributed by atoms with Crippen molar-refractivity contribution in [1.82, 2.24) is 16.0 Å². The topological polar surface area (TPSA) is 65.5 Å². The monoisotopic (exact) mass is 414 g/mol. The average Bonchev–Trinajstić information content (AvgIpc) is 2.69. The van der Waals surface area contributed by atoms with E-state index in [0.717, 1.165) is 42.5 Å². The molecule has 0 radical (unpaired) electrons. The third kappa shape index (κ3) is 6.74. The highest BCUT2D eigenvalue weighted by molar-refractivity contribution is 5.94. The zero-order valence-electron chi connectivity index (χ0n) is 15.4. The number of amides is 1. The smallest absolute Gasteiger partial charge is 0.355 e. The second kappa shape index (κ2) is 9.85. The van der Waals surface area contributed by atoms with Crippen LogP contribution in [0.25, 0.3) is 0 Å². The second-order valence-electron chi connectivity index (χ2n) is 5.92. The molecule has 0 saturated heterocycles. The van der Waals surface area contributed by atoms with Crippen molar-refractivity contribution in [3.63, 3.8) is 0 Å². The molecule has 2 rings (SSSR count). The van der Waals surface area contributed by atoms with Gasteiger partial charge in [0.15, 0.2) is 5.96 Å². The molecule has 0 heterocycles. The summed E-state index contributed by atoms with van der Waals surface area (Å²) < 4.78 is 64.3. The first-order valence-electron chi connectivity index (χ1n) is 8.54. The molecular weight excluding hydrogens is 395 g/mol. The number of rotatable bonds is 6. The summed E-state index contributed by atoms with van der Waals surface area (Å²) in [5.41, 5.74) is -0.606. The molecular formula is C19H19F5N4O. The Bertz CT molecular complexity index is 866. The highest BCUT2D eigenvalue weighted by atomic mass is 19.4. The Labute approximate surface area is 164 Å². The maximum Gasteiger partial charge on any atom is 0.416 e. The molecule has 0 spiro atoms. The number of carbonyl (C=O) groups excluding carboxylic acids is 1. The van der Waals surface area contributed by atoms with Crippen molar-refractivity contribution < 1.29 is 26.7 Å². The number of guanidine groups is 1. The van der Waals surface area contributed by atoms with Crippen LogP contribution in [0.2, 0.25) is 0 Å². The first-order chi connectivity index (χ1) is 13.7. The van der Waals surface area contributed by atoms with E-state index in [0.29, 0.717) is 5.96 Å². The standard InChI is InChI=1S/C19H19F5N4O/c1-25-18(28-11-13-10-15(20)6-7-16(13)21)27-9-8-26-17(29)12-2-4-14(5-3-12)19(22,23)24/h2-7,10H,8-9,11H2,1H3,(H,26,29)(H2,25,27,28). The Morgan fingerprint density at radius 3 is 2.24 bits per heavy atom. The molecule has 156 valence electrons. The summed E-state index contributed by atoms with van der Waals surface area (Å²) in [5.74, 6) is -1.34. The lowest BCUT2D eigenvalue weighted by atomic mass is 10.1. The van der Waals surface area contributed by atoms with Crippen molar-refractivity contribution in [2.24, 2.45) is 4.99 Å². The van der Waals surface area contributed by atoms with E-state index in [-0.39, 0.29) is 30.8 Å². The molecule has 0 aliphatic heterocycles. The van der Waals surface area contributed by atoms with Crippen LogP contribution in [0, 0.1) is 11.6 Å². The lowest BCUT2D eigenvalue weighted by Crippen LogP contribution is -2.41. The number of nitrogens with zero attached hydrogens (tertiary/aromatic N) is 1. The van der Waals surface area contributed by atoms with Gasteiger partial charge < -0.3 is 16.0 Å². The quantitative estimate of drug-likeness (QED) is 0.295. The fraction of sp³-hybridized carbons (Fsp3) is 0.263. The fourth-order valence-corrected chi connectivity index (χ4v) is 2.35. The Kier molecular flexibility index (Phi) is 7.52. The van der Waals surface area contributed by atoms with Crippen molar-refractivity contribution in [3.8, 4) is 0 Å². The van der Waals surface area contributed by atoms with Crippen molar-refractivity contribution >= 4 is 11.9 Å². The van der Waals surface area contributed by atoms with Gasteiger partial charge in [0, 0.05) is 37.8 Å². The van der Waals surface area contributed by atoms with E-state index in [1.54, 1.807) is 0 Å². The van der Waals surface area contributed by atoms with Gasteiger partial charge in [-0.25, -0.2) is 8.78 Å². The van der Waals surface area contributed by atoms with Gasteiger partial charge in [0.25, 0.3) is 5.91 Å². The lowest BCUT2D eigenvalue weighted by Gasteiger charge is -2.13. The fourth-order valence-electron chi connectivity index (χ4n) is 2.35. The van der Waals surface area contributed by atoms with E-state index in [1.807, 2.05) is 0 Å². The third-order valence-electron chi connectivity index (χ3n) is 3.86. The molecule has 1 amide bonds. The van der Waals surface area contributed by atoms with Crippen LogP contribution in [0.1, 0.15) is 21.5 Å². The second-order valence-corrected chi connectivity index (χ2v) is 5.92. The minimum atomic E-state index is -4.46. The van der Waals surface area contributed by atoms with Gasteiger partial charge in [0.05, 0.1) is 5.56 Å². The Hall–Kier alpha value is -3.17. The molecule has 29 heavy (non-hydrogen) atoms. The highest BCUT2D eigenvalue weighted by Gasteiger charge is 2.30. The predicted octanol–water partition coefficient (Wildman–Crippen LogP) is 3.08. The number of carbonyl (C=O) groups is 1. The number of alkyl halides is 3. The molecule has 10 heteroatoms. The van der Waals surface area contributed by atoms with Crippen LogP contribution in [-0.2, 0) is 12.7 Å². The van der Waals surface area contributed by atoms with Gasteiger partial charge in [-0.15, -0.1) is 0 Å². The first-order valence-corrected chi connectivity index (χ1v) is 8.54. The number of halogens is 5. The molecule has 0 atom stereocenters. The van der Waals surface area contributed by atoms with Crippen LogP contribution < -0.4 is 16.0 Å². The normalized spacial score (nSPS) is 11.9. The molecule has 2 aromatic rings. The highest BCUT2D eigenvalue weighted by Crippen LogP contribution is 2.29. The predicted molar refractivity (Wildman–Crippen MR) is 98.3 cm³/mol. The summed E-state index contributed by atoms with van der Waals surface area (Å²) in [4.78, 5) is 15.9. The zero-order valence-corrected chi connectivity index (χ0v) is 15.4. The van der Waals surface area contributed by atoms with E-state index in [1.165, 1.54) is 7.05 Å². The minimum Gasteiger partial charge on any atom is -0.355 e. The molecule has 0 aromatic heterocycles. The Balaban J connectivity index is 1.76. The third-order valence-corrected chi connectivity index (χ3v) is 3.86. The molecule has 2 aromatic carbocycles. The summed E-state index contributed by atoms with van der Waals surface area (Å²) in [6.45, 7) is 0.410. The summed E-state index contributed by atoms with van der Waals surface area (Å²) in [6.07, 6.45) is -4.46. The van der Waals surface area contributed by atoms with Gasteiger partial charge in [0.1, 0.15) is 11.6 Å². The molecule has 3 N–H and O–H groups in total. The maximum absolute atomic E-state index is 13.6. The van der Waals surface area contributed by atoms with Gasteiger partial charge in [-0.05, 0) is 42.5 Å². The van der Waals surface area contributed by atoms with E-state index in [9.17, 15) is 26.7 Å². The number of nitrogens with one attached hydrogen (secondary N) is 3. The van der Waals surface area contributed by atoms with E-state index in [2.05, 4.69) is 20.9 Å². The van der Waals surface area contributed by atoms with Crippen LogP contribution in [0.3, 0.4) is 0 Å². The number of benzene rings is 2. The number of aliphatic imine (C=N–C) groups is 1. The van der Waals surface area contributed by atoms with E-state index >= 15 is 0 Å². The van der Waals surface area contributed by atoms with Crippen molar-refractivity contribution in [1.29, 1.82) is 0 Å². The van der Waals surface area contributed by atoms with Gasteiger partial charge in [-0.1, -0.05) is 0 Å².